The summed E-state index contributed by atoms with van der Waals surface area (Å²) in [7, 11) is 0. The molecule has 0 atom stereocenters. The molecule has 3 rings (SSSR count). The fourth-order valence-corrected chi connectivity index (χ4v) is 4.46. The van der Waals surface area contributed by atoms with Crippen LogP contribution in [0.2, 0.25) is 0 Å². The van der Waals surface area contributed by atoms with Gasteiger partial charge in [0.25, 0.3) is 0 Å². The number of anilines is 1. The summed E-state index contributed by atoms with van der Waals surface area (Å²) < 4.78 is 11.8. The van der Waals surface area contributed by atoms with Crippen molar-refractivity contribution < 1.29 is 29.0 Å². The van der Waals surface area contributed by atoms with Crippen molar-refractivity contribution in [2.75, 3.05) is 4.90 Å². The Bertz CT molecular complexity index is 1110. The summed E-state index contributed by atoms with van der Waals surface area (Å²) in [4.78, 5) is 49.1. The molecule has 0 saturated heterocycles. The average molecular weight is 565 g/mol. The topological polar surface area (TPSA) is 122 Å². The van der Waals surface area contributed by atoms with Crippen molar-refractivity contribution in [1.82, 2.24) is 14.9 Å². The number of carbonyl (C=O) groups is 3. The molecule has 11 heteroatoms. The van der Waals surface area contributed by atoms with E-state index in [-0.39, 0.29) is 5.95 Å². The number of ether oxygens (including phenoxy) is 2. The molecule has 1 saturated carbocycles. The molecule has 1 aliphatic carbocycles. The number of nitrogens with zero attached hydrogens (tertiary/aromatic N) is 4. The van der Waals surface area contributed by atoms with E-state index in [2.05, 4.69) is 25.9 Å². The predicted octanol–water partition coefficient (Wildman–Crippen LogP) is 6.36. The second kappa shape index (κ2) is 10.6. The van der Waals surface area contributed by atoms with Gasteiger partial charge in [0.1, 0.15) is 11.2 Å². The normalized spacial score (nSPS) is 18.4. The number of imide groups is 1. The standard InChI is InChI=1S/C25H33BrN4O6/c1-24(2,3)35-22(33)30(23(34)36-25(4,5)6)18-10-8-17(9-11-18)29(21(31)32)20-27-14-15-13-16(26)7-12-19(15)28-20/h7,12-14,17-18H,8-11H2,1-6H3,(H,31,32)/t17-,18-. The molecule has 0 spiro atoms. The number of carbonyl (C=O) groups excluding carboxylic acids is 2. The van der Waals surface area contributed by atoms with Crippen LogP contribution in [0.5, 0.6) is 0 Å². The van der Waals surface area contributed by atoms with Gasteiger partial charge in [-0.1, -0.05) is 15.9 Å². The van der Waals surface area contributed by atoms with E-state index < -0.39 is 41.6 Å². The highest BCUT2D eigenvalue weighted by molar-refractivity contribution is 9.10. The summed E-state index contributed by atoms with van der Waals surface area (Å²) in [6.45, 7) is 10.3. The lowest BCUT2D eigenvalue weighted by Crippen LogP contribution is -2.52. The molecule has 1 aromatic heterocycles. The van der Waals surface area contributed by atoms with Crippen molar-refractivity contribution in [3.8, 4) is 0 Å². The first-order valence-electron chi connectivity index (χ1n) is 11.8. The van der Waals surface area contributed by atoms with E-state index in [1.807, 2.05) is 12.1 Å². The number of halogens is 1. The number of benzene rings is 1. The average Bonchev–Trinajstić information content (AvgIpc) is 2.72. The summed E-state index contributed by atoms with van der Waals surface area (Å²) in [6.07, 6.45) is 0.448. The fourth-order valence-electron chi connectivity index (χ4n) is 4.09. The van der Waals surface area contributed by atoms with Crippen molar-refractivity contribution in [2.45, 2.75) is 90.5 Å². The second-order valence-electron chi connectivity index (χ2n) is 10.8. The minimum atomic E-state index is -1.16. The lowest BCUT2D eigenvalue weighted by Gasteiger charge is -2.38. The number of fused-ring (bicyclic) bond motifs is 1. The molecule has 1 N–H and O–H groups in total. The lowest BCUT2D eigenvalue weighted by molar-refractivity contribution is -0.0112. The van der Waals surface area contributed by atoms with Crippen molar-refractivity contribution >= 4 is 51.1 Å². The van der Waals surface area contributed by atoms with Crippen LogP contribution >= 0.6 is 15.9 Å². The van der Waals surface area contributed by atoms with E-state index in [9.17, 15) is 19.5 Å². The highest BCUT2D eigenvalue weighted by atomic mass is 79.9. The number of aromatic nitrogens is 2. The molecule has 196 valence electrons. The fraction of sp³-hybridized carbons (Fsp3) is 0.560. The minimum Gasteiger partial charge on any atom is -0.465 e. The summed E-state index contributed by atoms with van der Waals surface area (Å²) >= 11 is 3.41. The number of carboxylic acid groups (broad SMARTS) is 1. The SMILES string of the molecule is CC(C)(C)OC(=O)N(C(=O)OC(C)(C)C)[C@H]1CC[C@H](N(C(=O)O)c2ncc3cc(Br)ccc3n2)CC1. The maximum atomic E-state index is 13.0. The van der Waals surface area contributed by atoms with Crippen molar-refractivity contribution in [1.29, 1.82) is 0 Å². The van der Waals surface area contributed by atoms with E-state index in [1.165, 1.54) is 4.90 Å². The molecule has 0 radical (unpaired) electrons. The third-order valence-corrected chi connectivity index (χ3v) is 6.02. The van der Waals surface area contributed by atoms with Crippen molar-refractivity contribution in [2.24, 2.45) is 0 Å². The number of hydrogen-bond acceptors (Lipinski definition) is 7. The first-order valence-corrected chi connectivity index (χ1v) is 12.6. The smallest absolute Gasteiger partial charge is 0.420 e. The van der Waals surface area contributed by atoms with E-state index in [4.69, 9.17) is 9.47 Å². The van der Waals surface area contributed by atoms with Crippen LogP contribution in [-0.2, 0) is 9.47 Å². The Morgan fingerprint density at radius 1 is 0.944 bits per heavy atom. The number of hydrogen-bond donors (Lipinski definition) is 1. The first kappa shape index (κ1) is 27.6. The quantitative estimate of drug-likeness (QED) is 0.456. The molecule has 2 aromatic rings. The van der Waals surface area contributed by atoms with Gasteiger partial charge in [0, 0.05) is 28.1 Å². The second-order valence-corrected chi connectivity index (χ2v) is 11.7. The van der Waals surface area contributed by atoms with Crippen LogP contribution in [0.25, 0.3) is 10.9 Å². The third kappa shape index (κ3) is 7.05. The zero-order chi connectivity index (χ0) is 26.8. The van der Waals surface area contributed by atoms with Gasteiger partial charge >= 0.3 is 18.3 Å². The van der Waals surface area contributed by atoms with Crippen LogP contribution in [-0.4, -0.2) is 61.5 Å². The molecule has 0 unspecified atom stereocenters. The van der Waals surface area contributed by atoms with E-state index in [1.54, 1.807) is 53.8 Å². The van der Waals surface area contributed by atoms with E-state index >= 15 is 0 Å². The van der Waals surface area contributed by atoms with Crippen LogP contribution in [0.3, 0.4) is 0 Å². The molecule has 1 fully saturated rings. The first-order chi connectivity index (χ1) is 16.6. The van der Waals surface area contributed by atoms with Crippen LogP contribution in [0.1, 0.15) is 67.2 Å². The van der Waals surface area contributed by atoms with Gasteiger partial charge < -0.3 is 14.6 Å². The largest absolute Gasteiger partial charge is 0.465 e. The molecule has 1 aromatic carbocycles. The van der Waals surface area contributed by atoms with Gasteiger partial charge in [0.05, 0.1) is 5.52 Å². The van der Waals surface area contributed by atoms with Gasteiger partial charge in [0.15, 0.2) is 0 Å². The predicted molar refractivity (Wildman–Crippen MR) is 138 cm³/mol. The molecule has 1 heterocycles. The van der Waals surface area contributed by atoms with Crippen LogP contribution in [0.15, 0.2) is 28.9 Å². The van der Waals surface area contributed by atoms with Crippen LogP contribution in [0, 0.1) is 0 Å². The summed E-state index contributed by atoms with van der Waals surface area (Å²) in [5.74, 6) is 0.0944. The number of rotatable bonds is 3. The zero-order valence-electron chi connectivity index (χ0n) is 21.4. The molecular formula is C25H33BrN4O6. The highest BCUT2D eigenvalue weighted by Gasteiger charge is 2.40. The Morgan fingerprint density at radius 2 is 1.47 bits per heavy atom. The van der Waals surface area contributed by atoms with Crippen molar-refractivity contribution in [3.63, 3.8) is 0 Å². The Morgan fingerprint density at radius 3 is 1.97 bits per heavy atom. The Hall–Kier alpha value is -2.95. The molecule has 1 aliphatic rings. The van der Waals surface area contributed by atoms with Gasteiger partial charge in [-0.3, -0.25) is 0 Å². The molecule has 0 bridgehead atoms. The van der Waals surface area contributed by atoms with Crippen LogP contribution < -0.4 is 4.90 Å². The Balaban J connectivity index is 1.80. The van der Waals surface area contributed by atoms with E-state index in [0.717, 1.165) is 14.8 Å². The van der Waals surface area contributed by atoms with Gasteiger partial charge in [0.2, 0.25) is 5.95 Å². The van der Waals surface area contributed by atoms with Crippen LogP contribution in [0.4, 0.5) is 20.3 Å². The van der Waals surface area contributed by atoms with Gasteiger partial charge in [-0.25, -0.2) is 34.2 Å². The molecule has 10 nitrogen and oxygen atoms in total. The van der Waals surface area contributed by atoms with Gasteiger partial charge in [-0.15, -0.1) is 0 Å². The zero-order valence-corrected chi connectivity index (χ0v) is 23.0. The molecule has 0 aliphatic heterocycles. The maximum absolute atomic E-state index is 13.0. The van der Waals surface area contributed by atoms with Gasteiger partial charge in [-0.05, 0) is 85.4 Å². The van der Waals surface area contributed by atoms with Crippen molar-refractivity contribution in [3.05, 3.63) is 28.9 Å². The molecule has 3 amide bonds. The Labute approximate surface area is 219 Å². The molecule has 36 heavy (non-hydrogen) atoms. The lowest BCUT2D eigenvalue weighted by atomic mass is 9.89. The monoisotopic (exact) mass is 564 g/mol. The molecular weight excluding hydrogens is 532 g/mol. The Kier molecular flexibility index (Phi) is 8.12. The maximum Gasteiger partial charge on any atom is 0.420 e. The minimum absolute atomic E-state index is 0.0944. The van der Waals surface area contributed by atoms with Gasteiger partial charge in [-0.2, -0.15) is 0 Å². The van der Waals surface area contributed by atoms with E-state index in [0.29, 0.717) is 31.2 Å². The third-order valence-electron chi connectivity index (χ3n) is 5.53. The highest BCUT2D eigenvalue weighted by Crippen LogP contribution is 2.31. The summed E-state index contributed by atoms with van der Waals surface area (Å²) in [5.41, 5.74) is -0.959. The summed E-state index contributed by atoms with van der Waals surface area (Å²) in [6, 6.07) is 4.58. The number of amides is 3. The summed E-state index contributed by atoms with van der Waals surface area (Å²) in [5, 5.41) is 10.8.